The summed E-state index contributed by atoms with van der Waals surface area (Å²) in [6.07, 6.45) is 2.24. The second-order valence-electron chi connectivity index (χ2n) is 9.00. The summed E-state index contributed by atoms with van der Waals surface area (Å²) in [7, 11) is 0. The van der Waals surface area contributed by atoms with Crippen molar-refractivity contribution in [2.24, 2.45) is 11.3 Å². The van der Waals surface area contributed by atoms with Crippen molar-refractivity contribution in [2.45, 2.75) is 58.9 Å². The Balaban J connectivity index is 1.31. The van der Waals surface area contributed by atoms with E-state index >= 15 is 0 Å². The van der Waals surface area contributed by atoms with Gasteiger partial charge in [-0.1, -0.05) is 38.1 Å². The number of hydrogen-bond acceptors (Lipinski definition) is 4. The number of carboxylic acids is 1. The fourth-order valence-corrected chi connectivity index (χ4v) is 4.91. The van der Waals surface area contributed by atoms with Crippen LogP contribution in [0, 0.1) is 18.3 Å². The van der Waals surface area contributed by atoms with Crippen molar-refractivity contribution in [1.82, 2.24) is 15.1 Å². The second kappa shape index (κ2) is 7.41. The minimum absolute atomic E-state index is 0.0767. The number of nitrogens with zero attached hydrogens (tertiary/aromatic N) is 2. The van der Waals surface area contributed by atoms with Crippen LogP contribution in [0.5, 0.6) is 0 Å². The van der Waals surface area contributed by atoms with Gasteiger partial charge in [-0.3, -0.25) is 9.59 Å². The Bertz CT molecular complexity index is 943. The van der Waals surface area contributed by atoms with Gasteiger partial charge in [0.2, 0.25) is 5.91 Å². The van der Waals surface area contributed by atoms with Crippen LogP contribution in [-0.2, 0) is 24.2 Å². The van der Waals surface area contributed by atoms with Gasteiger partial charge in [0, 0.05) is 25.1 Å². The normalized spacial score (nSPS) is 20.9. The van der Waals surface area contributed by atoms with Gasteiger partial charge in [0.05, 0.1) is 17.8 Å². The molecule has 0 amide bonds. The number of rotatable bonds is 8. The summed E-state index contributed by atoms with van der Waals surface area (Å²) >= 11 is 0. The summed E-state index contributed by atoms with van der Waals surface area (Å²) in [6, 6.07) is 8.13. The quantitative estimate of drug-likeness (QED) is 0.670. The van der Waals surface area contributed by atoms with Gasteiger partial charge in [-0.05, 0) is 48.1 Å². The van der Waals surface area contributed by atoms with E-state index < -0.39 is 5.97 Å². The van der Waals surface area contributed by atoms with Crippen molar-refractivity contribution in [3.05, 3.63) is 52.3 Å². The number of carboxylic acid groups (broad SMARTS) is 1. The molecule has 0 spiro atoms. The molecular weight excluding hydrogens is 366 g/mol. The molecule has 0 bridgehead atoms. The molecule has 1 saturated carbocycles. The number of nitrogens with one attached hydrogen (secondary N) is 1. The molecule has 1 aromatic heterocycles. The molecular formula is C23H29N3O3. The van der Waals surface area contributed by atoms with E-state index in [9.17, 15) is 9.59 Å². The third kappa shape index (κ3) is 3.73. The van der Waals surface area contributed by atoms with Gasteiger partial charge in [-0.15, -0.1) is 0 Å². The number of aliphatic carboxylic acids is 1. The SMILES string of the molecule is Cc1nn(C(=O)CCc2ccc(CNCCC(=O)O)cc2)c2c1C1C(C2)C1(C)C. The van der Waals surface area contributed by atoms with Crippen LogP contribution in [-0.4, -0.2) is 33.3 Å². The summed E-state index contributed by atoms with van der Waals surface area (Å²) in [4.78, 5) is 23.3. The van der Waals surface area contributed by atoms with Crippen molar-refractivity contribution >= 4 is 11.9 Å². The van der Waals surface area contributed by atoms with Crippen molar-refractivity contribution in [3.8, 4) is 0 Å². The lowest BCUT2D eigenvalue weighted by Crippen LogP contribution is -2.18. The summed E-state index contributed by atoms with van der Waals surface area (Å²) in [5, 5.41) is 16.3. The van der Waals surface area contributed by atoms with Gasteiger partial charge in [0.15, 0.2) is 0 Å². The Morgan fingerprint density at radius 1 is 1.21 bits per heavy atom. The largest absolute Gasteiger partial charge is 0.481 e. The average molecular weight is 396 g/mol. The smallest absolute Gasteiger partial charge is 0.304 e. The highest BCUT2D eigenvalue weighted by atomic mass is 16.4. The number of aromatic nitrogens is 2. The molecule has 2 N–H and O–H groups in total. The van der Waals surface area contributed by atoms with Crippen LogP contribution in [0.4, 0.5) is 0 Å². The first kappa shape index (κ1) is 19.8. The Kier molecular flexibility index (Phi) is 5.07. The zero-order chi connectivity index (χ0) is 20.8. The molecule has 2 aliphatic carbocycles. The summed E-state index contributed by atoms with van der Waals surface area (Å²) in [6.45, 7) is 7.76. The molecule has 6 nitrogen and oxygen atoms in total. The molecule has 0 saturated heterocycles. The number of benzene rings is 1. The molecule has 1 heterocycles. The molecule has 4 rings (SSSR count). The topological polar surface area (TPSA) is 84.2 Å². The lowest BCUT2D eigenvalue weighted by atomic mass is 9.98. The van der Waals surface area contributed by atoms with Crippen molar-refractivity contribution in [3.63, 3.8) is 0 Å². The van der Waals surface area contributed by atoms with E-state index in [1.807, 2.05) is 31.2 Å². The van der Waals surface area contributed by atoms with Crippen molar-refractivity contribution in [2.75, 3.05) is 6.54 Å². The molecule has 1 fully saturated rings. The van der Waals surface area contributed by atoms with E-state index in [1.165, 1.54) is 5.56 Å². The standard InChI is InChI=1S/C23H29N3O3/c1-14-21-18(12-17-22(21)23(17,2)3)26(25-14)19(27)9-8-15-4-6-16(7-5-15)13-24-11-10-20(28)29/h4-7,17,22,24H,8-13H2,1-3H3,(H,28,29). The molecule has 2 aromatic rings. The molecule has 2 atom stereocenters. The van der Waals surface area contributed by atoms with E-state index in [0.29, 0.717) is 43.2 Å². The Labute approximate surface area is 171 Å². The van der Waals surface area contributed by atoms with E-state index in [-0.39, 0.29) is 12.3 Å². The van der Waals surface area contributed by atoms with E-state index in [1.54, 1.807) is 4.68 Å². The fraction of sp³-hybridized carbons (Fsp3) is 0.522. The van der Waals surface area contributed by atoms with Crippen LogP contribution >= 0.6 is 0 Å². The Hall–Kier alpha value is -2.47. The first-order valence-corrected chi connectivity index (χ1v) is 10.4. The van der Waals surface area contributed by atoms with Gasteiger partial charge < -0.3 is 10.4 Å². The maximum Gasteiger partial charge on any atom is 0.304 e. The van der Waals surface area contributed by atoms with Crippen LogP contribution in [0.3, 0.4) is 0 Å². The highest BCUT2D eigenvalue weighted by molar-refractivity contribution is 5.80. The maximum absolute atomic E-state index is 12.8. The van der Waals surface area contributed by atoms with Crippen molar-refractivity contribution < 1.29 is 14.7 Å². The molecule has 2 unspecified atom stereocenters. The molecule has 6 heteroatoms. The first-order valence-electron chi connectivity index (χ1n) is 10.4. The van der Waals surface area contributed by atoms with E-state index in [4.69, 9.17) is 5.11 Å². The predicted molar refractivity (Wildman–Crippen MR) is 110 cm³/mol. The summed E-state index contributed by atoms with van der Waals surface area (Å²) in [5.41, 5.74) is 6.08. The van der Waals surface area contributed by atoms with E-state index in [0.717, 1.165) is 28.9 Å². The number of hydrogen-bond donors (Lipinski definition) is 2. The predicted octanol–water partition coefficient (Wildman–Crippen LogP) is 3.32. The zero-order valence-electron chi connectivity index (χ0n) is 17.4. The lowest BCUT2D eigenvalue weighted by molar-refractivity contribution is -0.136. The Morgan fingerprint density at radius 2 is 1.90 bits per heavy atom. The van der Waals surface area contributed by atoms with Crippen LogP contribution in [0.15, 0.2) is 24.3 Å². The number of aryl methyl sites for hydroxylation is 2. The molecule has 1 aromatic carbocycles. The Morgan fingerprint density at radius 3 is 2.59 bits per heavy atom. The van der Waals surface area contributed by atoms with Gasteiger partial charge in [0.25, 0.3) is 0 Å². The molecule has 0 radical (unpaired) electrons. The van der Waals surface area contributed by atoms with Gasteiger partial charge in [-0.2, -0.15) is 5.10 Å². The van der Waals surface area contributed by atoms with E-state index in [2.05, 4.69) is 24.3 Å². The second-order valence-corrected chi connectivity index (χ2v) is 9.00. The van der Waals surface area contributed by atoms with Gasteiger partial charge in [-0.25, -0.2) is 4.68 Å². The van der Waals surface area contributed by atoms with Crippen LogP contribution in [0.25, 0.3) is 0 Å². The number of carbonyl (C=O) groups is 2. The molecule has 2 aliphatic rings. The number of carbonyl (C=O) groups excluding carboxylic acids is 1. The first-order chi connectivity index (χ1) is 13.8. The van der Waals surface area contributed by atoms with Gasteiger partial charge >= 0.3 is 5.97 Å². The zero-order valence-corrected chi connectivity index (χ0v) is 17.4. The summed E-state index contributed by atoms with van der Waals surface area (Å²) < 4.78 is 1.67. The minimum atomic E-state index is -0.795. The third-order valence-electron chi connectivity index (χ3n) is 6.71. The minimum Gasteiger partial charge on any atom is -0.481 e. The summed E-state index contributed by atoms with van der Waals surface area (Å²) in [5.74, 6) is 0.532. The monoisotopic (exact) mass is 395 g/mol. The van der Waals surface area contributed by atoms with Crippen molar-refractivity contribution in [1.29, 1.82) is 0 Å². The van der Waals surface area contributed by atoms with Crippen LogP contribution in [0.1, 0.15) is 65.5 Å². The molecule has 0 aliphatic heterocycles. The fourth-order valence-electron chi connectivity index (χ4n) is 4.91. The molecule has 29 heavy (non-hydrogen) atoms. The molecule has 154 valence electrons. The highest BCUT2D eigenvalue weighted by Crippen LogP contribution is 2.70. The van der Waals surface area contributed by atoms with Crippen LogP contribution < -0.4 is 5.32 Å². The average Bonchev–Trinajstić information content (AvgIpc) is 3.02. The van der Waals surface area contributed by atoms with Crippen LogP contribution in [0.2, 0.25) is 0 Å². The maximum atomic E-state index is 12.8. The highest BCUT2D eigenvalue weighted by Gasteiger charge is 2.64. The number of fused-ring (bicyclic) bond motifs is 3. The third-order valence-corrected chi connectivity index (χ3v) is 6.71. The van der Waals surface area contributed by atoms with Gasteiger partial charge in [0.1, 0.15) is 0 Å². The lowest BCUT2D eigenvalue weighted by Gasteiger charge is -2.10.